The molecule has 2 aromatic carbocycles. The van der Waals surface area contributed by atoms with Crippen LogP contribution in [-0.2, 0) is 17.8 Å². The van der Waals surface area contributed by atoms with Crippen molar-refractivity contribution >= 4 is 51.3 Å². The van der Waals surface area contributed by atoms with E-state index in [2.05, 4.69) is 25.8 Å². The predicted octanol–water partition coefficient (Wildman–Crippen LogP) is 4.90. The highest BCUT2D eigenvalue weighted by Crippen LogP contribution is 2.22. The highest BCUT2D eigenvalue weighted by Gasteiger charge is 2.11. The number of amides is 1. The Bertz CT molecular complexity index is 1370. The van der Waals surface area contributed by atoms with Crippen LogP contribution in [0.3, 0.4) is 0 Å². The molecule has 4 rings (SSSR count). The summed E-state index contributed by atoms with van der Waals surface area (Å²) in [5.74, 6) is 0.0104. The van der Waals surface area contributed by atoms with Gasteiger partial charge >= 0.3 is 0 Å². The van der Waals surface area contributed by atoms with Gasteiger partial charge in [-0.3, -0.25) is 14.4 Å². The summed E-state index contributed by atoms with van der Waals surface area (Å²) < 4.78 is 1.69. The number of hydrogen-bond acceptors (Lipinski definition) is 8. The zero-order chi connectivity index (χ0) is 23.9. The Morgan fingerprint density at radius 1 is 1.15 bits per heavy atom. The quantitative estimate of drug-likeness (QED) is 0.240. The van der Waals surface area contributed by atoms with Gasteiger partial charge in [-0.05, 0) is 37.6 Å². The molecule has 0 radical (unpaired) electrons. The average Bonchev–Trinajstić information content (AvgIpc) is 3.41. The number of anilines is 2. The molecule has 3 N–H and O–H groups in total. The van der Waals surface area contributed by atoms with E-state index in [-0.39, 0.29) is 18.2 Å². The third-order valence-corrected chi connectivity index (χ3v) is 6.77. The summed E-state index contributed by atoms with van der Waals surface area (Å²) in [4.78, 5) is 23.1. The van der Waals surface area contributed by atoms with E-state index in [1.165, 1.54) is 22.7 Å². The first-order chi connectivity index (χ1) is 16.5. The van der Waals surface area contributed by atoms with E-state index in [0.717, 1.165) is 21.8 Å². The fourth-order valence-corrected chi connectivity index (χ4v) is 4.80. The minimum atomic E-state index is -0.101. The van der Waals surface area contributed by atoms with E-state index in [1.807, 2.05) is 68.4 Å². The lowest BCUT2D eigenvalue weighted by molar-refractivity contribution is -0.115. The van der Waals surface area contributed by atoms with Crippen molar-refractivity contribution in [3.8, 4) is 5.88 Å². The Morgan fingerprint density at radius 3 is 2.68 bits per heavy atom. The zero-order valence-corrected chi connectivity index (χ0v) is 20.4. The van der Waals surface area contributed by atoms with Gasteiger partial charge in [-0.1, -0.05) is 59.1 Å². The highest BCUT2D eigenvalue weighted by atomic mass is 32.1. The molecule has 0 saturated heterocycles. The molecule has 1 amide bonds. The number of para-hydroxylation sites is 2. The molecule has 0 saturated carbocycles. The molecule has 0 aliphatic rings. The standard InChI is InChI=1S/C24H24N6O2S2/c1-3-30-22(32)20(15-25-17-10-5-4-6-11-17)34-24(30)29-28-23-26-14-18(33-23)13-21(31)27-19-12-8-7-9-16(19)2/h4-12,14-15,32H,3,13H2,1-2H3,(H,26,28)(H,27,31)/b25-15?,29-24+. The number of thiazole rings is 2. The first kappa shape index (κ1) is 23.4. The van der Waals surface area contributed by atoms with Gasteiger partial charge in [0.1, 0.15) is 4.88 Å². The summed E-state index contributed by atoms with van der Waals surface area (Å²) >= 11 is 2.67. The summed E-state index contributed by atoms with van der Waals surface area (Å²) in [6.45, 7) is 4.43. The monoisotopic (exact) mass is 492 g/mol. The molecular weight excluding hydrogens is 468 g/mol. The van der Waals surface area contributed by atoms with Gasteiger partial charge in [0.05, 0.1) is 18.3 Å². The van der Waals surface area contributed by atoms with Crippen LogP contribution in [0, 0.1) is 6.92 Å². The van der Waals surface area contributed by atoms with Crippen molar-refractivity contribution in [3.63, 3.8) is 0 Å². The van der Waals surface area contributed by atoms with Gasteiger partial charge in [0, 0.05) is 23.3 Å². The van der Waals surface area contributed by atoms with Gasteiger partial charge in [-0.2, -0.15) is 0 Å². The molecule has 4 aromatic rings. The number of hydrogen-bond donors (Lipinski definition) is 3. The molecule has 10 heteroatoms. The number of nitrogens with zero attached hydrogens (tertiary/aromatic N) is 4. The van der Waals surface area contributed by atoms with Crippen LogP contribution in [0.4, 0.5) is 16.5 Å². The summed E-state index contributed by atoms with van der Waals surface area (Å²) in [6.07, 6.45) is 3.52. The third-order valence-electron chi connectivity index (χ3n) is 4.87. The second-order valence-corrected chi connectivity index (χ2v) is 9.43. The van der Waals surface area contributed by atoms with Crippen LogP contribution in [0.5, 0.6) is 5.88 Å². The number of aromatic nitrogens is 2. The van der Waals surface area contributed by atoms with Gasteiger partial charge in [-0.15, -0.1) is 5.10 Å². The predicted molar refractivity (Wildman–Crippen MR) is 138 cm³/mol. The number of carbonyl (C=O) groups is 1. The Hall–Kier alpha value is -3.76. The first-order valence-corrected chi connectivity index (χ1v) is 12.3. The average molecular weight is 493 g/mol. The molecule has 0 aliphatic heterocycles. The summed E-state index contributed by atoms with van der Waals surface area (Å²) in [7, 11) is 0. The normalized spacial score (nSPS) is 11.8. The van der Waals surface area contributed by atoms with Crippen molar-refractivity contribution in [3.05, 3.63) is 80.9 Å². The number of aliphatic imine (C=N–C) groups is 1. The molecule has 0 bridgehead atoms. The van der Waals surface area contributed by atoms with E-state index in [0.29, 0.717) is 21.4 Å². The first-order valence-electron chi connectivity index (χ1n) is 10.6. The number of aromatic hydroxyl groups is 1. The molecule has 0 aliphatic carbocycles. The maximum atomic E-state index is 12.4. The third kappa shape index (κ3) is 5.77. The molecule has 0 spiro atoms. The lowest BCUT2D eigenvalue weighted by atomic mass is 10.2. The Balaban J connectivity index is 1.44. The Kier molecular flexibility index (Phi) is 7.51. The number of aryl methyl sites for hydroxylation is 1. The van der Waals surface area contributed by atoms with Crippen LogP contribution in [0.2, 0.25) is 0 Å². The summed E-state index contributed by atoms with van der Waals surface area (Å²) in [5.41, 5.74) is 5.56. The van der Waals surface area contributed by atoms with Gasteiger partial charge < -0.3 is 10.4 Å². The van der Waals surface area contributed by atoms with Crippen molar-refractivity contribution in [2.45, 2.75) is 26.8 Å². The number of carbonyl (C=O) groups excluding carboxylic acids is 1. The van der Waals surface area contributed by atoms with Crippen LogP contribution < -0.4 is 15.5 Å². The molecule has 34 heavy (non-hydrogen) atoms. The SMILES string of the molecule is CCn1c(O)c(C=Nc2ccccc2)s/c1=N/Nc1ncc(CC(=O)Nc2ccccc2C)s1. The maximum Gasteiger partial charge on any atom is 0.229 e. The Morgan fingerprint density at radius 2 is 1.91 bits per heavy atom. The molecular formula is C24H24N6O2S2. The van der Waals surface area contributed by atoms with Gasteiger partial charge in [0.25, 0.3) is 0 Å². The number of benzene rings is 2. The molecule has 2 aromatic heterocycles. The molecule has 8 nitrogen and oxygen atoms in total. The molecule has 0 atom stereocenters. The number of nitrogens with one attached hydrogen (secondary N) is 2. The maximum absolute atomic E-state index is 12.4. The topological polar surface area (TPSA) is 104 Å². The minimum Gasteiger partial charge on any atom is -0.493 e. The van der Waals surface area contributed by atoms with Crippen LogP contribution in [-0.4, -0.2) is 26.8 Å². The lowest BCUT2D eigenvalue weighted by Crippen LogP contribution is -2.15. The van der Waals surface area contributed by atoms with Crippen LogP contribution in [0.1, 0.15) is 22.2 Å². The zero-order valence-electron chi connectivity index (χ0n) is 18.7. The fourth-order valence-electron chi connectivity index (χ4n) is 3.12. The summed E-state index contributed by atoms with van der Waals surface area (Å²) in [6, 6.07) is 17.2. The van der Waals surface area contributed by atoms with E-state index in [4.69, 9.17) is 0 Å². The van der Waals surface area contributed by atoms with Crippen LogP contribution in [0.15, 0.2) is 70.9 Å². The smallest absolute Gasteiger partial charge is 0.229 e. The van der Waals surface area contributed by atoms with Crippen molar-refractivity contribution < 1.29 is 9.90 Å². The minimum absolute atomic E-state index is 0.101. The van der Waals surface area contributed by atoms with Crippen LogP contribution >= 0.6 is 22.7 Å². The highest BCUT2D eigenvalue weighted by molar-refractivity contribution is 7.15. The van der Waals surface area contributed by atoms with E-state index in [9.17, 15) is 9.90 Å². The van der Waals surface area contributed by atoms with Gasteiger partial charge in [0.2, 0.25) is 21.7 Å². The Labute approximate surface area is 205 Å². The van der Waals surface area contributed by atoms with E-state index >= 15 is 0 Å². The van der Waals surface area contributed by atoms with Crippen molar-refractivity contribution in [2.24, 2.45) is 10.1 Å². The van der Waals surface area contributed by atoms with Crippen molar-refractivity contribution in [1.82, 2.24) is 9.55 Å². The summed E-state index contributed by atoms with van der Waals surface area (Å²) in [5, 5.41) is 18.5. The van der Waals surface area contributed by atoms with Crippen molar-refractivity contribution in [2.75, 3.05) is 10.7 Å². The molecule has 2 heterocycles. The molecule has 0 unspecified atom stereocenters. The second kappa shape index (κ2) is 10.9. The molecule has 174 valence electrons. The molecule has 0 fully saturated rings. The van der Waals surface area contributed by atoms with Crippen LogP contribution in [0.25, 0.3) is 0 Å². The fraction of sp³-hybridized carbons (Fsp3) is 0.167. The van der Waals surface area contributed by atoms with E-state index < -0.39 is 0 Å². The largest absolute Gasteiger partial charge is 0.493 e. The second-order valence-electron chi connectivity index (χ2n) is 7.31. The van der Waals surface area contributed by atoms with Gasteiger partial charge in [-0.25, -0.2) is 10.4 Å². The van der Waals surface area contributed by atoms with Gasteiger partial charge in [0.15, 0.2) is 0 Å². The van der Waals surface area contributed by atoms with Crippen molar-refractivity contribution in [1.29, 1.82) is 0 Å². The van der Waals surface area contributed by atoms with E-state index in [1.54, 1.807) is 17.0 Å². The number of rotatable bonds is 8. The lowest BCUT2D eigenvalue weighted by Gasteiger charge is -2.06.